The molecule has 2 unspecified atom stereocenters. The monoisotopic (exact) mass is 358 g/mol. The first-order valence-corrected chi connectivity index (χ1v) is 6.73. The summed E-state index contributed by atoms with van der Waals surface area (Å²) in [5.41, 5.74) is 0. The number of hydrogen-bond donors (Lipinski definition) is 10. The number of hydrogen-bond acceptors (Lipinski definition) is 12. The van der Waals surface area contributed by atoms with E-state index < -0.39 is 67.3 Å². The van der Waals surface area contributed by atoms with Crippen LogP contribution in [0.25, 0.3) is 0 Å². The highest BCUT2D eigenvalue weighted by molar-refractivity contribution is 5.89. The van der Waals surface area contributed by atoms with Gasteiger partial charge in [-0.15, -0.1) is 0 Å². The van der Waals surface area contributed by atoms with Gasteiger partial charge in [0.15, 0.2) is 12.1 Å². The van der Waals surface area contributed by atoms with Crippen LogP contribution in [-0.4, -0.2) is 125 Å². The maximum atomic E-state index is 10.8. The smallest absolute Gasteiger partial charge is 0.195 e. The first-order chi connectivity index (χ1) is 11.0. The standard InChI is InChI=1S/C6H10O6.C6H12O6/c7-1-2(8)4(10)6(12)5(11)3(1)9;7-1-3(9)5(11)6(12)4(10)2-8/h1-5,7-11H;1,3-6,8-12H,2H2/t1?,2-,3-,4+,5?;3-,4+,5+,6+/m00/s1. The second kappa shape index (κ2) is 10.0. The Hall–Kier alpha value is -1.06. The highest BCUT2D eigenvalue weighted by Gasteiger charge is 2.47. The van der Waals surface area contributed by atoms with Crippen LogP contribution in [0.1, 0.15) is 0 Å². The summed E-state index contributed by atoms with van der Waals surface area (Å²) in [6.07, 6.45) is -15.7. The van der Waals surface area contributed by atoms with E-state index in [2.05, 4.69) is 0 Å². The molecule has 24 heavy (non-hydrogen) atoms. The van der Waals surface area contributed by atoms with Crippen molar-refractivity contribution in [2.75, 3.05) is 6.61 Å². The summed E-state index contributed by atoms with van der Waals surface area (Å²) in [6.45, 7) is -0.760. The molecule has 1 fully saturated rings. The third-order valence-corrected chi connectivity index (χ3v) is 3.35. The maximum absolute atomic E-state index is 10.8. The Bertz CT molecular complexity index is 380. The number of rotatable bonds is 5. The van der Waals surface area contributed by atoms with Gasteiger partial charge in [0.2, 0.25) is 0 Å². The van der Waals surface area contributed by atoms with Gasteiger partial charge in [0.25, 0.3) is 0 Å². The van der Waals surface area contributed by atoms with Crippen molar-refractivity contribution in [2.24, 2.45) is 0 Å². The van der Waals surface area contributed by atoms with Crippen molar-refractivity contribution in [3.05, 3.63) is 0 Å². The van der Waals surface area contributed by atoms with Gasteiger partial charge >= 0.3 is 0 Å². The molecule has 12 heteroatoms. The number of carbonyl (C=O) groups is 2. The third kappa shape index (κ3) is 5.49. The van der Waals surface area contributed by atoms with Crippen molar-refractivity contribution in [2.45, 2.75) is 54.9 Å². The van der Waals surface area contributed by atoms with Crippen molar-refractivity contribution < 1.29 is 60.7 Å². The fourth-order valence-corrected chi connectivity index (χ4v) is 1.71. The van der Waals surface area contributed by atoms with E-state index in [-0.39, 0.29) is 6.29 Å². The van der Waals surface area contributed by atoms with E-state index in [4.69, 9.17) is 51.1 Å². The van der Waals surface area contributed by atoms with Crippen molar-refractivity contribution in [1.82, 2.24) is 0 Å². The maximum Gasteiger partial charge on any atom is 0.195 e. The second-order valence-electron chi connectivity index (χ2n) is 5.12. The Morgan fingerprint density at radius 3 is 1.58 bits per heavy atom. The lowest BCUT2D eigenvalue weighted by molar-refractivity contribution is -0.185. The van der Waals surface area contributed by atoms with E-state index in [1.165, 1.54) is 0 Å². The Morgan fingerprint density at radius 1 is 0.833 bits per heavy atom. The highest BCUT2D eigenvalue weighted by Crippen LogP contribution is 2.17. The van der Waals surface area contributed by atoms with Crippen LogP contribution in [-0.2, 0) is 9.59 Å². The van der Waals surface area contributed by atoms with Gasteiger partial charge in [-0.2, -0.15) is 0 Å². The largest absolute Gasteiger partial charge is 0.394 e. The topological polar surface area (TPSA) is 236 Å². The lowest BCUT2D eigenvalue weighted by Crippen LogP contribution is -2.61. The van der Waals surface area contributed by atoms with Gasteiger partial charge in [-0.3, -0.25) is 4.79 Å². The first-order valence-electron chi connectivity index (χ1n) is 6.73. The first kappa shape index (κ1) is 22.9. The summed E-state index contributed by atoms with van der Waals surface area (Å²) < 4.78 is 0. The molecule has 0 amide bonds. The lowest BCUT2D eigenvalue weighted by atomic mass is 9.86. The predicted molar refractivity (Wildman–Crippen MR) is 72.2 cm³/mol. The minimum atomic E-state index is -1.83. The molecule has 0 aromatic rings. The van der Waals surface area contributed by atoms with Crippen molar-refractivity contribution in [1.29, 1.82) is 0 Å². The lowest BCUT2D eigenvalue weighted by Gasteiger charge is -2.34. The van der Waals surface area contributed by atoms with Crippen molar-refractivity contribution in [3.8, 4) is 0 Å². The zero-order valence-electron chi connectivity index (χ0n) is 12.3. The Kier molecular flexibility index (Phi) is 9.61. The second-order valence-corrected chi connectivity index (χ2v) is 5.12. The summed E-state index contributed by atoms with van der Waals surface area (Å²) in [7, 11) is 0. The molecule has 1 aliphatic carbocycles. The third-order valence-electron chi connectivity index (χ3n) is 3.35. The molecular formula is C12H22O12. The molecule has 12 nitrogen and oxygen atoms in total. The van der Waals surface area contributed by atoms with Gasteiger partial charge in [0.05, 0.1) is 6.61 Å². The van der Waals surface area contributed by atoms with Gasteiger partial charge < -0.3 is 55.9 Å². The summed E-state index contributed by atoms with van der Waals surface area (Å²) in [5.74, 6) is -1.08. The number of ketones is 1. The van der Waals surface area contributed by atoms with Gasteiger partial charge in [-0.1, -0.05) is 0 Å². The summed E-state index contributed by atoms with van der Waals surface area (Å²) in [6, 6.07) is 0. The average Bonchev–Trinajstić information content (AvgIpc) is 2.60. The molecule has 0 aliphatic heterocycles. The van der Waals surface area contributed by atoms with Crippen LogP contribution in [0.15, 0.2) is 0 Å². The minimum absolute atomic E-state index is 0.0258. The molecule has 1 saturated carbocycles. The SMILES string of the molecule is O=C1C(O)[C@@H](O)C(O)[C@H](O)[C@H]1O.O=C[C@H](O)[C@@H](O)[C@H](O)[C@H](O)CO. The van der Waals surface area contributed by atoms with E-state index in [0.29, 0.717) is 0 Å². The Balaban J connectivity index is 0.000000441. The fraction of sp³-hybridized carbons (Fsp3) is 0.833. The molecule has 0 radical (unpaired) electrons. The molecule has 0 bridgehead atoms. The number of carbonyl (C=O) groups excluding carboxylic acids is 2. The van der Waals surface area contributed by atoms with Gasteiger partial charge in [0.1, 0.15) is 54.9 Å². The Labute approximate surface area is 135 Å². The van der Waals surface area contributed by atoms with E-state index >= 15 is 0 Å². The molecule has 0 aromatic heterocycles. The molecule has 0 spiro atoms. The highest BCUT2D eigenvalue weighted by atomic mass is 16.4. The molecule has 10 N–H and O–H groups in total. The fourth-order valence-electron chi connectivity index (χ4n) is 1.71. The minimum Gasteiger partial charge on any atom is -0.394 e. The summed E-state index contributed by atoms with van der Waals surface area (Å²) >= 11 is 0. The summed E-state index contributed by atoms with van der Waals surface area (Å²) in [4.78, 5) is 20.7. The van der Waals surface area contributed by atoms with Crippen LogP contribution < -0.4 is 0 Å². The van der Waals surface area contributed by atoms with Crippen LogP contribution in [0.2, 0.25) is 0 Å². The predicted octanol–water partition coefficient (Wildman–Crippen LogP) is -7.01. The quantitative estimate of drug-likeness (QED) is 0.206. The summed E-state index contributed by atoms with van der Waals surface area (Å²) in [5, 5.41) is 88.0. The number of aliphatic hydroxyl groups is 10. The van der Waals surface area contributed by atoms with Crippen molar-refractivity contribution in [3.63, 3.8) is 0 Å². The zero-order valence-corrected chi connectivity index (χ0v) is 12.3. The molecular weight excluding hydrogens is 336 g/mol. The number of Topliss-reactive ketones (excluding diaryl/α,β-unsaturated/α-hetero) is 1. The number of aldehydes is 1. The Morgan fingerprint density at radius 2 is 1.25 bits per heavy atom. The molecule has 0 heterocycles. The van der Waals surface area contributed by atoms with Gasteiger partial charge in [0, 0.05) is 0 Å². The molecule has 9 atom stereocenters. The van der Waals surface area contributed by atoms with Crippen LogP contribution in [0.3, 0.4) is 0 Å². The molecule has 1 aliphatic rings. The average molecular weight is 358 g/mol. The van der Waals surface area contributed by atoms with Crippen molar-refractivity contribution >= 4 is 12.1 Å². The number of aliphatic hydroxyl groups excluding tert-OH is 10. The van der Waals surface area contributed by atoms with E-state index in [9.17, 15) is 9.59 Å². The van der Waals surface area contributed by atoms with E-state index in [1.807, 2.05) is 0 Å². The van der Waals surface area contributed by atoms with Gasteiger partial charge in [-0.25, -0.2) is 0 Å². The molecule has 0 saturated heterocycles. The van der Waals surface area contributed by atoms with E-state index in [0.717, 1.165) is 0 Å². The van der Waals surface area contributed by atoms with Crippen LogP contribution in [0.4, 0.5) is 0 Å². The van der Waals surface area contributed by atoms with Gasteiger partial charge in [-0.05, 0) is 0 Å². The molecule has 0 aromatic carbocycles. The molecule has 1 rings (SSSR count). The normalized spacial score (nSPS) is 35.2. The molecule has 142 valence electrons. The van der Waals surface area contributed by atoms with Crippen LogP contribution >= 0.6 is 0 Å². The zero-order chi connectivity index (χ0) is 19.2. The van der Waals surface area contributed by atoms with Crippen LogP contribution in [0.5, 0.6) is 0 Å². The van der Waals surface area contributed by atoms with Crippen LogP contribution in [0, 0.1) is 0 Å². The van der Waals surface area contributed by atoms with E-state index in [1.54, 1.807) is 0 Å².